The Morgan fingerprint density at radius 2 is 1.83 bits per heavy atom. The number of nitrogens with one attached hydrogen (secondary N) is 2. The van der Waals surface area contributed by atoms with Gasteiger partial charge < -0.3 is 15.5 Å². The van der Waals surface area contributed by atoms with Crippen molar-refractivity contribution in [3.8, 4) is 0 Å². The Bertz CT molecular complexity index is 1260. The van der Waals surface area contributed by atoms with Crippen molar-refractivity contribution < 1.29 is 17.6 Å². The van der Waals surface area contributed by atoms with Crippen LogP contribution in [0.5, 0.6) is 0 Å². The topological polar surface area (TPSA) is 56.3 Å². The number of rotatable bonds is 3. The molecule has 10 heteroatoms. The smallest absolute Gasteiger partial charge is 0.378 e. The number of benzene rings is 2. The molecule has 0 aliphatic carbocycles. The van der Waals surface area contributed by atoms with Crippen molar-refractivity contribution in [2.75, 3.05) is 36.4 Å². The zero-order valence-corrected chi connectivity index (χ0v) is 19.2. The molecule has 6 rings (SSSR count). The monoisotopic (exact) mass is 486 g/mol. The Labute approximate surface area is 200 Å². The second-order valence-electron chi connectivity index (χ2n) is 9.66. The summed E-state index contributed by atoms with van der Waals surface area (Å²) in [5.41, 5.74) is 3.36. The van der Waals surface area contributed by atoms with E-state index in [-0.39, 0.29) is 29.2 Å². The number of hydrogen-bond donors (Lipinski definition) is 2. The van der Waals surface area contributed by atoms with Crippen LogP contribution in [0.2, 0.25) is 0 Å². The highest BCUT2D eigenvalue weighted by atomic mass is 19.4. The van der Waals surface area contributed by atoms with Gasteiger partial charge in [0.1, 0.15) is 17.2 Å². The van der Waals surface area contributed by atoms with Crippen LogP contribution in [0, 0.1) is 0 Å². The summed E-state index contributed by atoms with van der Waals surface area (Å²) >= 11 is 0. The Morgan fingerprint density at radius 3 is 2.57 bits per heavy atom. The lowest BCUT2D eigenvalue weighted by atomic mass is 10.00. The maximum atomic E-state index is 14.0. The number of halogens is 4. The van der Waals surface area contributed by atoms with Gasteiger partial charge in [0.15, 0.2) is 0 Å². The van der Waals surface area contributed by atoms with Crippen LogP contribution in [0.15, 0.2) is 42.7 Å². The SMILES string of the molecule is C[C@@H]1CN(c2ccc(C(F)(F)F)c3nccnc23)C[C@@H]2c3ccc(N[C@H]4CNC[C@H]4F)cc3CN12. The van der Waals surface area contributed by atoms with E-state index in [4.69, 9.17) is 0 Å². The van der Waals surface area contributed by atoms with Gasteiger partial charge in [0.2, 0.25) is 0 Å². The van der Waals surface area contributed by atoms with Crippen molar-refractivity contribution in [2.45, 2.75) is 43.9 Å². The van der Waals surface area contributed by atoms with Crippen LogP contribution in [-0.2, 0) is 12.7 Å². The van der Waals surface area contributed by atoms with Crippen LogP contribution in [0.4, 0.5) is 28.9 Å². The number of piperazine rings is 1. The van der Waals surface area contributed by atoms with E-state index < -0.39 is 17.9 Å². The number of alkyl halides is 4. The van der Waals surface area contributed by atoms with Gasteiger partial charge in [-0.2, -0.15) is 13.2 Å². The molecule has 1 aromatic heterocycles. The molecule has 4 heterocycles. The summed E-state index contributed by atoms with van der Waals surface area (Å²) in [6.45, 7) is 5.21. The van der Waals surface area contributed by atoms with Crippen molar-refractivity contribution in [3.63, 3.8) is 0 Å². The fourth-order valence-corrected chi connectivity index (χ4v) is 5.74. The van der Waals surface area contributed by atoms with Gasteiger partial charge in [0.05, 0.1) is 23.3 Å². The number of anilines is 2. The Morgan fingerprint density at radius 1 is 1.03 bits per heavy atom. The first-order chi connectivity index (χ1) is 16.8. The molecular weight excluding hydrogens is 460 g/mol. The third kappa shape index (κ3) is 3.88. The van der Waals surface area contributed by atoms with Crippen molar-refractivity contribution in [3.05, 3.63) is 59.4 Å². The third-order valence-electron chi connectivity index (χ3n) is 7.44. The Hall–Kier alpha value is -2.98. The zero-order chi connectivity index (χ0) is 24.3. The lowest BCUT2D eigenvalue weighted by molar-refractivity contribution is -0.136. The molecule has 0 unspecified atom stereocenters. The lowest BCUT2D eigenvalue weighted by Crippen LogP contribution is -2.51. The van der Waals surface area contributed by atoms with Gasteiger partial charge in [-0.1, -0.05) is 6.07 Å². The van der Waals surface area contributed by atoms with Crippen LogP contribution in [0.3, 0.4) is 0 Å². The normalized spacial score (nSPS) is 26.7. The predicted octanol–water partition coefficient (Wildman–Crippen LogP) is 4.14. The van der Waals surface area contributed by atoms with Gasteiger partial charge in [-0.25, -0.2) is 4.39 Å². The molecule has 6 nitrogen and oxygen atoms in total. The highest BCUT2D eigenvalue weighted by Crippen LogP contribution is 2.43. The Kier molecular flexibility index (Phi) is 5.33. The largest absolute Gasteiger partial charge is 0.418 e. The fraction of sp³-hybridized carbons (Fsp3) is 0.440. The molecule has 2 fully saturated rings. The van der Waals surface area contributed by atoms with Crippen LogP contribution in [0.25, 0.3) is 11.0 Å². The van der Waals surface area contributed by atoms with E-state index in [0.29, 0.717) is 31.9 Å². The van der Waals surface area contributed by atoms with E-state index >= 15 is 0 Å². The molecule has 0 spiro atoms. The van der Waals surface area contributed by atoms with Gasteiger partial charge in [-0.05, 0) is 42.3 Å². The molecule has 0 radical (unpaired) electrons. The van der Waals surface area contributed by atoms with E-state index in [0.717, 1.165) is 18.3 Å². The van der Waals surface area contributed by atoms with Crippen LogP contribution in [0.1, 0.15) is 29.7 Å². The first kappa shape index (κ1) is 22.5. The minimum absolute atomic E-state index is 0.110. The zero-order valence-electron chi connectivity index (χ0n) is 19.2. The van der Waals surface area contributed by atoms with E-state index in [9.17, 15) is 17.6 Å². The molecule has 3 aliphatic heterocycles. The highest BCUT2D eigenvalue weighted by Gasteiger charge is 2.40. The van der Waals surface area contributed by atoms with Crippen LogP contribution in [-0.4, -0.2) is 59.3 Å². The molecule has 3 aliphatic rings. The van der Waals surface area contributed by atoms with Crippen LogP contribution < -0.4 is 15.5 Å². The van der Waals surface area contributed by atoms with Gasteiger partial charge in [0, 0.05) is 56.8 Å². The van der Waals surface area contributed by atoms with Crippen molar-refractivity contribution >= 4 is 22.4 Å². The number of fused-ring (bicyclic) bond motifs is 4. The van der Waals surface area contributed by atoms with Gasteiger partial charge >= 0.3 is 6.18 Å². The predicted molar refractivity (Wildman–Crippen MR) is 126 cm³/mol. The molecule has 3 aromatic rings. The van der Waals surface area contributed by atoms with Crippen molar-refractivity contribution in [1.82, 2.24) is 20.2 Å². The number of aromatic nitrogens is 2. The summed E-state index contributed by atoms with van der Waals surface area (Å²) in [6.07, 6.45) is -2.67. The van der Waals surface area contributed by atoms with E-state index in [1.165, 1.54) is 29.6 Å². The molecule has 35 heavy (non-hydrogen) atoms. The maximum absolute atomic E-state index is 14.0. The fourth-order valence-electron chi connectivity index (χ4n) is 5.74. The average molecular weight is 487 g/mol. The lowest BCUT2D eigenvalue weighted by Gasteiger charge is -2.43. The summed E-state index contributed by atoms with van der Waals surface area (Å²) in [4.78, 5) is 12.9. The summed E-state index contributed by atoms with van der Waals surface area (Å²) < 4.78 is 54.7. The van der Waals surface area contributed by atoms with E-state index in [2.05, 4.69) is 49.5 Å². The second kappa shape index (κ2) is 8.30. The average Bonchev–Trinajstić information content (AvgIpc) is 3.40. The van der Waals surface area contributed by atoms with Gasteiger partial charge in [-0.3, -0.25) is 14.9 Å². The summed E-state index contributed by atoms with van der Waals surface area (Å²) in [7, 11) is 0. The quantitative estimate of drug-likeness (QED) is 0.543. The number of nitrogens with zero attached hydrogens (tertiary/aromatic N) is 4. The molecular formula is C25H26F4N6. The van der Waals surface area contributed by atoms with Crippen LogP contribution >= 0.6 is 0 Å². The highest BCUT2D eigenvalue weighted by molar-refractivity contribution is 5.91. The molecule has 0 saturated carbocycles. The molecule has 184 valence electrons. The summed E-state index contributed by atoms with van der Waals surface area (Å²) in [5, 5.41) is 6.37. The molecule has 0 bridgehead atoms. The molecule has 4 atom stereocenters. The maximum Gasteiger partial charge on any atom is 0.418 e. The molecule has 2 aromatic carbocycles. The minimum Gasteiger partial charge on any atom is -0.378 e. The minimum atomic E-state index is -4.49. The van der Waals surface area contributed by atoms with Crippen molar-refractivity contribution in [2.24, 2.45) is 0 Å². The summed E-state index contributed by atoms with van der Waals surface area (Å²) in [6, 6.07) is 8.89. The van der Waals surface area contributed by atoms with Gasteiger partial charge in [0.25, 0.3) is 0 Å². The van der Waals surface area contributed by atoms with E-state index in [1.807, 2.05) is 6.07 Å². The molecule has 2 saturated heterocycles. The first-order valence-corrected chi connectivity index (χ1v) is 11.9. The van der Waals surface area contributed by atoms with E-state index in [1.54, 1.807) is 0 Å². The number of hydrogen-bond acceptors (Lipinski definition) is 6. The van der Waals surface area contributed by atoms with Crippen molar-refractivity contribution in [1.29, 1.82) is 0 Å². The Balaban J connectivity index is 1.30. The molecule has 0 amide bonds. The molecule has 2 N–H and O–H groups in total. The first-order valence-electron chi connectivity index (χ1n) is 11.9. The summed E-state index contributed by atoms with van der Waals surface area (Å²) in [5.74, 6) is 0. The second-order valence-corrected chi connectivity index (χ2v) is 9.66. The third-order valence-corrected chi connectivity index (χ3v) is 7.44. The standard InChI is InChI=1S/C25H26F4N6/c1-14-11-34(21-5-4-18(25(27,28)29)23-24(21)32-7-6-31-23)13-22-17-3-2-16(8-15(17)12-35(14)22)33-20-10-30-9-19(20)26/h2-8,14,19-20,22,30,33H,9-13H2,1H3/t14-,19-,20+,22-/m1/s1. The van der Waals surface area contributed by atoms with Gasteiger partial charge in [-0.15, -0.1) is 0 Å².